The number of rotatable bonds is 2. The van der Waals surface area contributed by atoms with Gasteiger partial charge in [0.15, 0.2) is 0 Å². The van der Waals surface area contributed by atoms with Crippen molar-refractivity contribution in [1.29, 1.82) is 0 Å². The summed E-state index contributed by atoms with van der Waals surface area (Å²) in [5, 5.41) is 0.231. The Kier molecular flexibility index (Phi) is 2.88. The van der Waals surface area contributed by atoms with Gasteiger partial charge in [0.25, 0.3) is 5.56 Å². The van der Waals surface area contributed by atoms with Crippen molar-refractivity contribution in [3.05, 3.63) is 40.1 Å². The molecule has 0 fully saturated rings. The van der Waals surface area contributed by atoms with Crippen LogP contribution in [0.4, 0.5) is 0 Å². The van der Waals surface area contributed by atoms with Gasteiger partial charge in [-0.05, 0) is 13.8 Å². The molecule has 1 atom stereocenters. The lowest BCUT2D eigenvalue weighted by molar-refractivity contribution is 0.598. The van der Waals surface area contributed by atoms with Crippen LogP contribution in [0.5, 0.6) is 0 Å². The van der Waals surface area contributed by atoms with E-state index in [2.05, 4.69) is 11.6 Å². The molecule has 0 spiro atoms. The molecule has 0 bridgehead atoms. The predicted molar refractivity (Wildman–Crippen MR) is 53.2 cm³/mol. The highest BCUT2D eigenvalue weighted by Gasteiger charge is 2.07. The summed E-state index contributed by atoms with van der Waals surface area (Å²) in [6.07, 6.45) is 1.68. The van der Waals surface area contributed by atoms with Crippen molar-refractivity contribution in [2.45, 2.75) is 19.9 Å². The van der Waals surface area contributed by atoms with Gasteiger partial charge in [0, 0.05) is 6.07 Å². The minimum absolute atomic E-state index is 0.0581. The Morgan fingerprint density at radius 3 is 2.85 bits per heavy atom. The van der Waals surface area contributed by atoms with E-state index in [1.54, 1.807) is 17.6 Å². The number of aryl methyl sites for hydroxylation is 1. The Morgan fingerprint density at radius 1 is 1.77 bits per heavy atom. The van der Waals surface area contributed by atoms with Crippen LogP contribution in [0.1, 0.15) is 18.8 Å². The van der Waals surface area contributed by atoms with E-state index in [1.807, 2.05) is 6.92 Å². The molecule has 13 heavy (non-hydrogen) atoms. The van der Waals surface area contributed by atoms with E-state index in [4.69, 9.17) is 11.6 Å². The van der Waals surface area contributed by atoms with Gasteiger partial charge in [0.2, 0.25) is 0 Å². The van der Waals surface area contributed by atoms with Crippen molar-refractivity contribution in [2.75, 3.05) is 0 Å². The first-order valence-corrected chi connectivity index (χ1v) is 4.32. The van der Waals surface area contributed by atoms with Crippen molar-refractivity contribution in [2.24, 2.45) is 0 Å². The topological polar surface area (TPSA) is 34.9 Å². The van der Waals surface area contributed by atoms with Crippen LogP contribution < -0.4 is 5.56 Å². The molecule has 0 saturated carbocycles. The molecule has 0 amide bonds. The fraction of sp³-hybridized carbons (Fsp3) is 0.333. The molecule has 0 aliphatic heterocycles. The molecular weight excluding hydrogens is 188 g/mol. The number of nitrogens with zero attached hydrogens (tertiary/aromatic N) is 2. The number of aromatic nitrogens is 2. The first-order valence-electron chi connectivity index (χ1n) is 3.94. The molecule has 1 unspecified atom stereocenters. The van der Waals surface area contributed by atoms with Gasteiger partial charge in [-0.2, -0.15) is 0 Å². The molecule has 0 N–H and O–H groups in total. The number of hydrogen-bond donors (Lipinski definition) is 0. The van der Waals surface area contributed by atoms with Gasteiger partial charge in [-0.3, -0.25) is 9.36 Å². The van der Waals surface area contributed by atoms with Crippen LogP contribution in [-0.2, 0) is 0 Å². The molecule has 0 radical (unpaired) electrons. The quantitative estimate of drug-likeness (QED) is 0.538. The number of halogens is 1. The highest BCUT2D eigenvalue weighted by atomic mass is 35.5. The summed E-state index contributed by atoms with van der Waals surface area (Å²) in [7, 11) is 0. The molecular formula is C9H11ClN2O. The molecule has 0 aromatic carbocycles. The minimum Gasteiger partial charge on any atom is -0.290 e. The molecule has 3 nitrogen and oxygen atoms in total. The van der Waals surface area contributed by atoms with Gasteiger partial charge < -0.3 is 0 Å². The smallest absolute Gasteiger partial charge is 0.255 e. The fourth-order valence-electron chi connectivity index (χ4n) is 1.17. The van der Waals surface area contributed by atoms with Crippen molar-refractivity contribution in [3.8, 4) is 0 Å². The monoisotopic (exact) mass is 198 g/mol. The van der Waals surface area contributed by atoms with E-state index >= 15 is 0 Å². The lowest BCUT2D eigenvalue weighted by Crippen LogP contribution is -2.24. The minimum atomic E-state index is -0.148. The van der Waals surface area contributed by atoms with Crippen molar-refractivity contribution in [1.82, 2.24) is 9.55 Å². The van der Waals surface area contributed by atoms with E-state index in [9.17, 15) is 4.79 Å². The first-order chi connectivity index (χ1) is 6.06. The summed E-state index contributed by atoms with van der Waals surface area (Å²) >= 11 is 5.62. The van der Waals surface area contributed by atoms with Gasteiger partial charge in [-0.15, -0.1) is 6.58 Å². The summed E-state index contributed by atoms with van der Waals surface area (Å²) in [5.74, 6) is 0.602. The van der Waals surface area contributed by atoms with Gasteiger partial charge in [0.1, 0.15) is 11.0 Å². The van der Waals surface area contributed by atoms with Crippen molar-refractivity contribution >= 4 is 11.6 Å². The zero-order valence-corrected chi connectivity index (χ0v) is 8.38. The van der Waals surface area contributed by atoms with E-state index in [1.165, 1.54) is 6.07 Å². The summed E-state index contributed by atoms with van der Waals surface area (Å²) in [5.41, 5.74) is -0.148. The summed E-state index contributed by atoms with van der Waals surface area (Å²) in [4.78, 5) is 15.4. The zero-order valence-electron chi connectivity index (χ0n) is 7.62. The van der Waals surface area contributed by atoms with Gasteiger partial charge >= 0.3 is 0 Å². The number of allylic oxidation sites excluding steroid dienone is 1. The maximum atomic E-state index is 11.5. The third kappa shape index (κ3) is 1.98. The fourth-order valence-corrected chi connectivity index (χ4v) is 1.39. The molecule has 1 aromatic heterocycles. The molecule has 0 aliphatic rings. The van der Waals surface area contributed by atoms with Crippen LogP contribution in [0.2, 0.25) is 5.15 Å². The Balaban J connectivity index is 3.37. The van der Waals surface area contributed by atoms with Crippen LogP contribution >= 0.6 is 11.6 Å². The van der Waals surface area contributed by atoms with E-state index in [0.717, 1.165) is 0 Å². The van der Waals surface area contributed by atoms with Gasteiger partial charge in [-0.25, -0.2) is 4.98 Å². The second kappa shape index (κ2) is 3.75. The lowest BCUT2D eigenvalue weighted by atomic mass is 10.3. The average molecular weight is 199 g/mol. The normalized spacial score (nSPS) is 12.5. The van der Waals surface area contributed by atoms with E-state index in [0.29, 0.717) is 5.82 Å². The van der Waals surface area contributed by atoms with Crippen LogP contribution in [-0.4, -0.2) is 9.55 Å². The van der Waals surface area contributed by atoms with Crippen molar-refractivity contribution < 1.29 is 0 Å². The Hall–Kier alpha value is -1.09. The maximum absolute atomic E-state index is 11.5. The van der Waals surface area contributed by atoms with Crippen LogP contribution in [0.15, 0.2) is 23.5 Å². The Morgan fingerprint density at radius 2 is 2.38 bits per heavy atom. The Bertz CT molecular complexity index is 384. The molecule has 1 aromatic rings. The second-order valence-electron chi connectivity index (χ2n) is 2.81. The Labute approximate surface area is 81.7 Å². The first kappa shape index (κ1) is 9.99. The van der Waals surface area contributed by atoms with E-state index < -0.39 is 0 Å². The predicted octanol–water partition coefficient (Wildman–Crippen LogP) is 1.95. The molecule has 1 heterocycles. The summed E-state index contributed by atoms with van der Waals surface area (Å²) in [6, 6.07) is 1.24. The average Bonchev–Trinajstić information content (AvgIpc) is 2.02. The largest absolute Gasteiger partial charge is 0.290 e. The second-order valence-corrected chi connectivity index (χ2v) is 3.20. The van der Waals surface area contributed by atoms with Crippen LogP contribution in [0.3, 0.4) is 0 Å². The van der Waals surface area contributed by atoms with Gasteiger partial charge in [-0.1, -0.05) is 17.7 Å². The summed E-state index contributed by atoms with van der Waals surface area (Å²) < 4.78 is 1.54. The van der Waals surface area contributed by atoms with Crippen LogP contribution in [0, 0.1) is 6.92 Å². The zero-order chi connectivity index (χ0) is 10.0. The highest BCUT2D eigenvalue weighted by Crippen LogP contribution is 2.08. The summed E-state index contributed by atoms with van der Waals surface area (Å²) in [6.45, 7) is 7.24. The third-order valence-corrected chi connectivity index (χ3v) is 2.04. The maximum Gasteiger partial charge on any atom is 0.255 e. The van der Waals surface area contributed by atoms with Crippen LogP contribution in [0.25, 0.3) is 0 Å². The van der Waals surface area contributed by atoms with Gasteiger partial charge in [0.05, 0.1) is 6.04 Å². The number of hydrogen-bond acceptors (Lipinski definition) is 2. The molecule has 1 rings (SSSR count). The molecule has 4 heteroatoms. The molecule has 70 valence electrons. The molecule has 0 aliphatic carbocycles. The SMILES string of the molecule is C=CC(C)n1c(C)nc(Cl)cc1=O. The standard InChI is InChI=1S/C9H11ClN2O/c1-4-6(2)12-7(3)11-8(10)5-9(12)13/h4-6H,1H2,2-3H3. The lowest BCUT2D eigenvalue weighted by Gasteiger charge is -2.12. The highest BCUT2D eigenvalue weighted by molar-refractivity contribution is 6.29. The van der Waals surface area contributed by atoms with Crippen molar-refractivity contribution in [3.63, 3.8) is 0 Å². The van der Waals surface area contributed by atoms with E-state index in [-0.39, 0.29) is 16.8 Å². The third-order valence-electron chi connectivity index (χ3n) is 1.85. The molecule has 0 saturated heterocycles.